The van der Waals surface area contributed by atoms with Gasteiger partial charge in [0.2, 0.25) is 0 Å². The van der Waals surface area contributed by atoms with E-state index in [-0.39, 0.29) is 52.3 Å². The molecule has 0 fully saturated rings. The Morgan fingerprint density at radius 2 is 1.52 bits per heavy atom. The SMILES string of the molecule is Cc1nc(-c2cc(-c3ccc(CCO)c(S(C)(=O)=O)c3)ccc2-n2cc(C(F)(F)F)nc2C)c(-c2ccc(OC(F)(F)F)cc2)o1. The van der Waals surface area contributed by atoms with Gasteiger partial charge >= 0.3 is 12.5 Å². The minimum absolute atomic E-state index is 0.00378. The molecule has 5 aromatic rings. The number of hydrogen-bond acceptors (Lipinski definition) is 7. The summed E-state index contributed by atoms with van der Waals surface area (Å²) in [4.78, 5) is 8.15. The van der Waals surface area contributed by atoms with Gasteiger partial charge in [-0.25, -0.2) is 18.4 Å². The van der Waals surface area contributed by atoms with E-state index in [1.807, 2.05) is 0 Å². The summed E-state index contributed by atoms with van der Waals surface area (Å²) in [5, 5.41) is 9.41. The number of sulfone groups is 1. The van der Waals surface area contributed by atoms with Crippen LogP contribution in [0.3, 0.4) is 0 Å². The van der Waals surface area contributed by atoms with Crippen LogP contribution in [0.5, 0.6) is 5.75 Å². The van der Waals surface area contributed by atoms with Crippen molar-refractivity contribution in [3.05, 3.63) is 89.8 Å². The topological polar surface area (TPSA) is 107 Å². The maximum atomic E-state index is 13.6. The van der Waals surface area contributed by atoms with Crippen molar-refractivity contribution >= 4 is 9.84 Å². The summed E-state index contributed by atoms with van der Waals surface area (Å²) in [6, 6.07) is 14.2. The molecule has 0 aliphatic rings. The number of aromatic nitrogens is 3. The lowest BCUT2D eigenvalue weighted by molar-refractivity contribution is -0.274. The molecule has 5 rings (SSSR count). The number of aliphatic hydroxyl groups is 1. The van der Waals surface area contributed by atoms with Crippen LogP contribution < -0.4 is 4.74 Å². The molecule has 3 aromatic carbocycles. The summed E-state index contributed by atoms with van der Waals surface area (Å²) in [5.41, 5.74) is 1.12. The van der Waals surface area contributed by atoms with Crippen molar-refractivity contribution in [3.8, 4) is 45.1 Å². The minimum atomic E-state index is -4.91. The largest absolute Gasteiger partial charge is 0.573 e. The van der Waals surface area contributed by atoms with E-state index in [2.05, 4.69) is 14.7 Å². The average molecular weight is 666 g/mol. The van der Waals surface area contributed by atoms with Crippen LogP contribution in [0.2, 0.25) is 0 Å². The van der Waals surface area contributed by atoms with Crippen LogP contribution >= 0.6 is 0 Å². The van der Waals surface area contributed by atoms with E-state index in [1.54, 1.807) is 24.3 Å². The number of nitrogens with zero attached hydrogens (tertiary/aromatic N) is 3. The number of aryl methyl sites for hydroxylation is 2. The number of imidazole rings is 1. The van der Waals surface area contributed by atoms with Crippen LogP contribution in [0, 0.1) is 13.8 Å². The highest BCUT2D eigenvalue weighted by atomic mass is 32.2. The average Bonchev–Trinajstić information content (AvgIpc) is 3.55. The molecule has 0 spiro atoms. The Hall–Kier alpha value is -4.63. The van der Waals surface area contributed by atoms with Crippen molar-refractivity contribution in [2.24, 2.45) is 0 Å². The summed E-state index contributed by atoms with van der Waals surface area (Å²) in [5.74, 6) is -0.206. The normalized spacial score (nSPS) is 12.5. The van der Waals surface area contributed by atoms with Gasteiger partial charge in [-0.2, -0.15) is 13.2 Å². The Labute approximate surface area is 258 Å². The fourth-order valence-electron chi connectivity index (χ4n) is 4.99. The second-order valence-corrected chi connectivity index (χ2v) is 12.3. The van der Waals surface area contributed by atoms with E-state index >= 15 is 0 Å². The number of aliphatic hydroxyl groups excluding tert-OH is 1. The molecule has 0 bridgehead atoms. The number of rotatable bonds is 8. The first-order chi connectivity index (χ1) is 21.4. The third-order valence-electron chi connectivity index (χ3n) is 6.95. The molecular weight excluding hydrogens is 640 g/mol. The van der Waals surface area contributed by atoms with Gasteiger partial charge in [0.15, 0.2) is 27.2 Å². The lowest BCUT2D eigenvalue weighted by Crippen LogP contribution is -2.16. The summed E-state index contributed by atoms with van der Waals surface area (Å²) in [6.45, 7) is 2.64. The van der Waals surface area contributed by atoms with Gasteiger partial charge in [0.25, 0.3) is 0 Å². The van der Waals surface area contributed by atoms with E-state index < -0.39 is 33.8 Å². The van der Waals surface area contributed by atoms with Crippen LogP contribution in [0.1, 0.15) is 23.0 Å². The zero-order chi connectivity index (χ0) is 33.6. The molecule has 2 heterocycles. The van der Waals surface area contributed by atoms with E-state index in [4.69, 9.17) is 4.42 Å². The maximum Gasteiger partial charge on any atom is 0.573 e. The fraction of sp³-hybridized carbons (Fsp3) is 0.226. The highest BCUT2D eigenvalue weighted by Crippen LogP contribution is 2.40. The fourth-order valence-corrected chi connectivity index (χ4v) is 5.98. The number of ether oxygens (including phenoxy) is 1. The molecule has 1 N–H and O–H groups in total. The molecule has 0 atom stereocenters. The first kappa shape index (κ1) is 32.8. The Bertz CT molecular complexity index is 2010. The number of oxazole rings is 1. The predicted molar refractivity (Wildman–Crippen MR) is 155 cm³/mol. The Morgan fingerprint density at radius 1 is 0.891 bits per heavy atom. The van der Waals surface area contributed by atoms with Crippen LogP contribution in [0.25, 0.3) is 39.4 Å². The van der Waals surface area contributed by atoms with Crippen LogP contribution in [-0.2, 0) is 22.4 Å². The van der Waals surface area contributed by atoms with Crippen LogP contribution in [0.4, 0.5) is 26.3 Å². The number of alkyl halides is 6. The molecule has 0 unspecified atom stereocenters. The maximum absolute atomic E-state index is 13.6. The molecule has 0 radical (unpaired) electrons. The smallest absolute Gasteiger partial charge is 0.440 e. The molecule has 0 aliphatic carbocycles. The summed E-state index contributed by atoms with van der Waals surface area (Å²) in [6.07, 6.45) is -7.67. The van der Waals surface area contributed by atoms with Gasteiger partial charge in [-0.3, -0.25) is 0 Å². The monoisotopic (exact) mass is 665 g/mol. The summed E-state index contributed by atoms with van der Waals surface area (Å²) >= 11 is 0. The molecule has 2 aromatic heterocycles. The predicted octanol–water partition coefficient (Wildman–Crippen LogP) is 7.33. The number of benzene rings is 3. The molecule has 8 nitrogen and oxygen atoms in total. The molecule has 0 amide bonds. The van der Waals surface area contributed by atoms with Crippen LogP contribution in [0.15, 0.2) is 76.2 Å². The Morgan fingerprint density at radius 3 is 2.11 bits per heavy atom. The van der Waals surface area contributed by atoms with Crippen molar-refractivity contribution in [2.45, 2.75) is 37.7 Å². The van der Waals surface area contributed by atoms with Crippen molar-refractivity contribution in [1.82, 2.24) is 14.5 Å². The lowest BCUT2D eigenvalue weighted by Gasteiger charge is -2.15. The van der Waals surface area contributed by atoms with E-state index in [0.717, 1.165) is 24.6 Å². The molecule has 15 heteroatoms. The second kappa shape index (κ2) is 11.9. The number of hydrogen-bond donors (Lipinski definition) is 1. The molecule has 242 valence electrons. The first-order valence-corrected chi connectivity index (χ1v) is 15.4. The van der Waals surface area contributed by atoms with E-state index in [0.29, 0.717) is 22.3 Å². The minimum Gasteiger partial charge on any atom is -0.440 e. The third kappa shape index (κ3) is 6.94. The van der Waals surface area contributed by atoms with Gasteiger partial charge < -0.3 is 18.8 Å². The third-order valence-corrected chi connectivity index (χ3v) is 8.13. The van der Waals surface area contributed by atoms with Gasteiger partial charge in [-0.15, -0.1) is 13.2 Å². The first-order valence-electron chi connectivity index (χ1n) is 13.5. The lowest BCUT2D eigenvalue weighted by atomic mass is 9.97. The Kier molecular flexibility index (Phi) is 8.51. The highest BCUT2D eigenvalue weighted by Gasteiger charge is 2.35. The van der Waals surface area contributed by atoms with Crippen molar-refractivity contribution in [2.75, 3.05) is 12.9 Å². The molecule has 46 heavy (non-hydrogen) atoms. The van der Waals surface area contributed by atoms with Crippen molar-refractivity contribution in [3.63, 3.8) is 0 Å². The van der Waals surface area contributed by atoms with Gasteiger partial charge in [0, 0.05) is 37.1 Å². The summed E-state index contributed by atoms with van der Waals surface area (Å²) < 4.78 is 115. The second-order valence-electron chi connectivity index (χ2n) is 10.3. The van der Waals surface area contributed by atoms with Crippen molar-refractivity contribution < 1.29 is 49.0 Å². The van der Waals surface area contributed by atoms with Gasteiger partial charge in [0.1, 0.15) is 17.3 Å². The quantitative estimate of drug-likeness (QED) is 0.173. The molecule has 0 aliphatic heterocycles. The molecule has 0 saturated heterocycles. The van der Waals surface area contributed by atoms with E-state index in [9.17, 15) is 39.9 Å². The van der Waals surface area contributed by atoms with E-state index in [1.165, 1.54) is 42.7 Å². The Balaban J connectivity index is 1.73. The van der Waals surface area contributed by atoms with Gasteiger partial charge in [0.05, 0.1) is 10.6 Å². The zero-order valence-electron chi connectivity index (χ0n) is 24.4. The highest BCUT2D eigenvalue weighted by molar-refractivity contribution is 7.90. The zero-order valence-corrected chi connectivity index (χ0v) is 25.2. The summed E-state index contributed by atoms with van der Waals surface area (Å²) in [7, 11) is -3.71. The van der Waals surface area contributed by atoms with Crippen molar-refractivity contribution in [1.29, 1.82) is 0 Å². The standard InChI is InChI=1S/C31H25F6N3O5S/c1-17-38-27(30(32,33)34)16-40(17)25-11-8-21(22-5-4-19(12-13-41)26(15-22)46(3,42)43)14-24(25)28-29(44-18(2)39-28)20-6-9-23(10-7-20)45-31(35,36)37/h4-11,14-16,41H,12-13H2,1-3H3. The van der Waals surface area contributed by atoms with Crippen LogP contribution in [-0.4, -0.2) is 47.3 Å². The van der Waals surface area contributed by atoms with Gasteiger partial charge in [-0.1, -0.05) is 18.2 Å². The molecule has 0 saturated carbocycles. The van der Waals surface area contributed by atoms with Gasteiger partial charge in [-0.05, 0) is 72.5 Å². The molecular formula is C31H25F6N3O5S. The number of halogens is 6.